The maximum absolute atomic E-state index is 14.0. The molecule has 0 aliphatic heterocycles. The molecule has 0 spiro atoms. The molecule has 0 amide bonds. The molecular weight excluding hydrogens is 612 g/mol. The molecule has 0 aromatic carbocycles. The van der Waals surface area contributed by atoms with E-state index in [-0.39, 0.29) is 87.3 Å². The highest BCUT2D eigenvalue weighted by atomic mass is 17.0. The number of carbonyl (C=O) groups is 4. The van der Waals surface area contributed by atoms with Crippen molar-refractivity contribution < 1.29 is 58.3 Å². The van der Waals surface area contributed by atoms with Gasteiger partial charge in [-0.25, -0.2) is 4.79 Å². The number of aliphatic hydroxyl groups is 1. The van der Waals surface area contributed by atoms with Gasteiger partial charge in [0.05, 0.1) is 25.9 Å². The number of carbonyl (C=O) groups excluding carboxylic acids is 4. The zero-order valence-electron chi connectivity index (χ0n) is 26.1. The summed E-state index contributed by atoms with van der Waals surface area (Å²) in [5.74, 6) is -1.65. The number of hydrogen-bond acceptors (Lipinski definition) is 14. The summed E-state index contributed by atoms with van der Waals surface area (Å²) in [6.45, 7) is 2.53. The molecule has 7 atom stereocenters. The fourth-order valence-corrected chi connectivity index (χ4v) is 8.74. The Labute approximate surface area is 265 Å². The second kappa shape index (κ2) is 14.3. The van der Waals surface area contributed by atoms with Crippen LogP contribution in [-0.2, 0) is 38.3 Å². The average Bonchev–Trinajstić information content (AvgIpc) is 3.27. The third-order valence-corrected chi connectivity index (χ3v) is 10.8. The van der Waals surface area contributed by atoms with E-state index < -0.39 is 51.8 Å². The van der Waals surface area contributed by atoms with Gasteiger partial charge < -0.3 is 29.0 Å². The Morgan fingerprint density at radius 2 is 1.63 bits per heavy atom. The van der Waals surface area contributed by atoms with E-state index >= 15 is 0 Å². The quantitative estimate of drug-likeness (QED) is 0.116. The Kier molecular flexibility index (Phi) is 10.9. The average molecular weight is 655 g/mol. The highest BCUT2D eigenvalue weighted by Gasteiger charge is 2.70. The van der Waals surface area contributed by atoms with Crippen LogP contribution in [0.15, 0.2) is 11.6 Å². The van der Waals surface area contributed by atoms with Crippen LogP contribution in [0, 0.1) is 48.8 Å². The minimum absolute atomic E-state index is 0.0175. The van der Waals surface area contributed by atoms with Crippen LogP contribution < -0.4 is 0 Å². The highest BCUT2D eigenvalue weighted by molar-refractivity contribution is 5.93. The van der Waals surface area contributed by atoms with E-state index in [4.69, 9.17) is 14.2 Å². The van der Waals surface area contributed by atoms with E-state index in [1.807, 2.05) is 6.92 Å². The van der Waals surface area contributed by atoms with Gasteiger partial charge in [0.15, 0.2) is 18.0 Å². The third kappa shape index (κ3) is 7.10. The lowest BCUT2D eigenvalue weighted by Gasteiger charge is -2.60. The van der Waals surface area contributed by atoms with Gasteiger partial charge in [0.2, 0.25) is 5.78 Å². The number of unbranched alkanes of at least 4 members (excludes halogenated alkanes) is 1. The lowest BCUT2D eigenvalue weighted by Crippen LogP contribution is -2.63. The van der Waals surface area contributed by atoms with Gasteiger partial charge in [-0.3, -0.25) is 14.4 Å². The summed E-state index contributed by atoms with van der Waals surface area (Å²) in [5.41, 5.74) is -2.09. The van der Waals surface area contributed by atoms with Crippen molar-refractivity contribution in [2.75, 3.05) is 26.4 Å². The van der Waals surface area contributed by atoms with Gasteiger partial charge in [-0.1, -0.05) is 19.4 Å². The van der Waals surface area contributed by atoms with E-state index in [1.165, 1.54) is 0 Å². The van der Waals surface area contributed by atoms with Crippen molar-refractivity contribution in [1.29, 1.82) is 0 Å². The predicted octanol–water partition coefficient (Wildman–Crippen LogP) is 3.47. The summed E-state index contributed by atoms with van der Waals surface area (Å²) < 4.78 is 16.1. The second-order valence-electron chi connectivity index (χ2n) is 13.2. The molecule has 2 unspecified atom stereocenters. The Bertz CT molecular complexity index is 1250. The van der Waals surface area contributed by atoms with Gasteiger partial charge in [-0.05, 0) is 87.0 Å². The van der Waals surface area contributed by atoms with Crippen molar-refractivity contribution in [3.63, 3.8) is 0 Å². The molecule has 3 saturated carbocycles. The van der Waals surface area contributed by atoms with E-state index in [9.17, 15) is 44.5 Å². The molecule has 1 N–H and O–H groups in total. The van der Waals surface area contributed by atoms with Crippen LogP contribution >= 0.6 is 0 Å². The Hall–Kier alpha value is -3.82. The first kappa shape index (κ1) is 35.0. The van der Waals surface area contributed by atoms with E-state index in [1.54, 1.807) is 6.08 Å². The number of fused-ring (bicyclic) bond motifs is 5. The molecule has 4 aliphatic carbocycles. The van der Waals surface area contributed by atoms with Crippen molar-refractivity contribution in [1.82, 2.24) is 0 Å². The van der Waals surface area contributed by atoms with Gasteiger partial charge in [0.1, 0.15) is 0 Å². The predicted molar refractivity (Wildman–Crippen MR) is 154 cm³/mol. The van der Waals surface area contributed by atoms with E-state index in [0.717, 1.165) is 5.57 Å². The maximum atomic E-state index is 14.0. The number of esters is 1. The smallest absolute Gasteiger partial charge is 0.450 e. The second-order valence-corrected chi connectivity index (χ2v) is 13.2. The summed E-state index contributed by atoms with van der Waals surface area (Å²) in [5, 5.41) is 30.6. The van der Waals surface area contributed by atoms with Crippen LogP contribution in [0.25, 0.3) is 0 Å². The summed E-state index contributed by atoms with van der Waals surface area (Å²) in [4.78, 5) is 80.8. The number of Topliss-reactive ketones (excluding diaryl/α,β-unsaturated/α-hetero) is 1. The van der Waals surface area contributed by atoms with Crippen LogP contribution in [0.2, 0.25) is 0 Å². The van der Waals surface area contributed by atoms with Crippen LogP contribution in [0.1, 0.15) is 84.5 Å². The number of hydrogen-bond donors (Lipinski definition) is 1. The fraction of sp³-hybridized carbons (Fsp3) is 0.800. The fourth-order valence-electron chi connectivity index (χ4n) is 8.74. The normalized spacial score (nSPS) is 32.9. The first-order valence-electron chi connectivity index (χ1n) is 15.7. The molecule has 0 aromatic heterocycles. The molecule has 4 rings (SSSR count). The number of allylic oxidation sites excluding steroid dienone is 1. The number of nitrogens with zero attached hydrogens (tertiary/aromatic N) is 2. The van der Waals surface area contributed by atoms with Gasteiger partial charge in [-0.15, -0.1) is 20.2 Å². The van der Waals surface area contributed by atoms with Crippen LogP contribution in [0.3, 0.4) is 0 Å². The first-order valence-corrected chi connectivity index (χ1v) is 15.7. The minimum atomic E-state index is -1.75. The topological polar surface area (TPSA) is 221 Å². The monoisotopic (exact) mass is 654 g/mol. The Morgan fingerprint density at radius 3 is 2.33 bits per heavy atom. The van der Waals surface area contributed by atoms with Gasteiger partial charge in [0.25, 0.3) is 10.2 Å². The molecule has 0 saturated heterocycles. The summed E-state index contributed by atoms with van der Waals surface area (Å²) in [6, 6.07) is 0. The molecule has 0 radical (unpaired) electrons. The zero-order valence-corrected chi connectivity index (χ0v) is 26.1. The number of ether oxygens (including phenoxy) is 3. The summed E-state index contributed by atoms with van der Waals surface area (Å²) >= 11 is 0. The standard InChI is InChI=1S/C30H42N2O14/c1-28-11-9-20(33)16-19(28)7-8-21-22-10-12-30(29(22,2)17-23(34)26(21)28,46-25(36)6-5-15-45-32(40)41)24(35)18-43-27(37)42-13-3-4-14-44-31(38)39/h16,21-23,26,34H,3-15,17-18H2,1-2H3/t21?,22?,23-,26+,28-,29-,30-/m0/s1. The molecule has 3 fully saturated rings. The largest absolute Gasteiger partial charge is 0.508 e. The van der Waals surface area contributed by atoms with Crippen molar-refractivity contribution in [2.45, 2.75) is 96.2 Å². The molecule has 0 aromatic rings. The number of aliphatic hydroxyl groups excluding tert-OH is 1. The number of ketones is 2. The molecule has 0 bridgehead atoms. The van der Waals surface area contributed by atoms with Crippen molar-refractivity contribution in [3.05, 3.63) is 31.9 Å². The van der Waals surface area contributed by atoms with E-state index in [0.29, 0.717) is 32.1 Å². The first-order chi connectivity index (χ1) is 21.7. The molecule has 16 heteroatoms. The third-order valence-electron chi connectivity index (χ3n) is 10.8. The lowest BCUT2D eigenvalue weighted by molar-refractivity contribution is -0.757. The Balaban J connectivity index is 1.50. The minimum Gasteiger partial charge on any atom is -0.450 e. The van der Waals surface area contributed by atoms with Gasteiger partial charge >= 0.3 is 12.1 Å². The van der Waals surface area contributed by atoms with Gasteiger partial charge in [-0.2, -0.15) is 0 Å². The SMILES string of the molecule is C[C@]12CCC(=O)C=C1CCC1C3CC[C@](OC(=O)CCCO[N+](=O)[O-])(C(=O)COC(=O)OCCCCO[N+](=O)[O-])[C@@]3(C)C[C@H](O)[C@@H]12. The van der Waals surface area contributed by atoms with E-state index in [2.05, 4.69) is 16.6 Å². The summed E-state index contributed by atoms with van der Waals surface area (Å²) in [6.07, 6.45) is 3.12. The van der Waals surface area contributed by atoms with Crippen molar-refractivity contribution in [3.8, 4) is 0 Å². The molecule has 4 aliphatic rings. The summed E-state index contributed by atoms with van der Waals surface area (Å²) in [7, 11) is 0. The molecule has 0 heterocycles. The maximum Gasteiger partial charge on any atom is 0.508 e. The Morgan fingerprint density at radius 1 is 0.957 bits per heavy atom. The van der Waals surface area contributed by atoms with Crippen molar-refractivity contribution >= 4 is 23.7 Å². The highest BCUT2D eigenvalue weighted by Crippen LogP contribution is 2.68. The zero-order chi connectivity index (χ0) is 33.7. The molecule has 256 valence electrons. The van der Waals surface area contributed by atoms with Crippen molar-refractivity contribution in [2.24, 2.45) is 28.6 Å². The molecule has 46 heavy (non-hydrogen) atoms. The molecular formula is C30H42N2O14. The van der Waals surface area contributed by atoms with Gasteiger partial charge in [0, 0.05) is 18.3 Å². The van der Waals surface area contributed by atoms with Crippen LogP contribution in [0.5, 0.6) is 0 Å². The number of rotatable bonds is 15. The van der Waals surface area contributed by atoms with Crippen LogP contribution in [-0.4, -0.2) is 77.1 Å². The lowest BCUT2D eigenvalue weighted by atomic mass is 9.45. The molecule has 16 nitrogen and oxygen atoms in total. The van der Waals surface area contributed by atoms with Crippen LogP contribution in [0.4, 0.5) is 4.79 Å².